The van der Waals surface area contributed by atoms with E-state index in [1.807, 2.05) is 66.0 Å². The maximum Gasteiger partial charge on any atom is 0.228 e. The number of nitrogens with one attached hydrogen (secondary N) is 1. The normalized spacial score (nSPS) is 9.88. The minimum Gasteiger partial charge on any atom is -0.326 e. The van der Waals surface area contributed by atoms with Crippen LogP contribution in [0, 0.1) is 11.8 Å². The van der Waals surface area contributed by atoms with E-state index in [1.54, 1.807) is 11.3 Å². The Hall–Kier alpha value is -2.35. The van der Waals surface area contributed by atoms with E-state index >= 15 is 0 Å². The zero-order valence-corrected chi connectivity index (χ0v) is 15.2. The first kappa shape index (κ1) is 16.5. The summed E-state index contributed by atoms with van der Waals surface area (Å²) in [6.07, 6.45) is 0.346. The van der Waals surface area contributed by atoms with E-state index in [1.165, 1.54) is 0 Å². The van der Waals surface area contributed by atoms with Crippen LogP contribution < -0.4 is 5.32 Å². The van der Waals surface area contributed by atoms with E-state index in [0.29, 0.717) is 6.42 Å². The monoisotopic (exact) mass is 395 g/mol. The quantitative estimate of drug-likeness (QED) is 0.614. The number of benzene rings is 2. The Morgan fingerprint density at radius 3 is 2.62 bits per heavy atom. The highest BCUT2D eigenvalue weighted by Gasteiger charge is 2.04. The fraction of sp³-hybridized carbons (Fsp3) is 0.0500. The van der Waals surface area contributed by atoms with Gasteiger partial charge >= 0.3 is 0 Å². The van der Waals surface area contributed by atoms with Crippen LogP contribution in [-0.4, -0.2) is 5.91 Å². The van der Waals surface area contributed by atoms with Gasteiger partial charge in [-0.1, -0.05) is 52.0 Å². The van der Waals surface area contributed by atoms with Gasteiger partial charge in [0.1, 0.15) is 0 Å². The summed E-state index contributed by atoms with van der Waals surface area (Å²) >= 11 is 5.00. The lowest BCUT2D eigenvalue weighted by molar-refractivity contribution is -0.115. The van der Waals surface area contributed by atoms with Gasteiger partial charge in [-0.05, 0) is 47.3 Å². The van der Waals surface area contributed by atoms with E-state index < -0.39 is 0 Å². The third-order valence-electron chi connectivity index (χ3n) is 3.28. The summed E-state index contributed by atoms with van der Waals surface area (Å²) in [6.45, 7) is 0. The van der Waals surface area contributed by atoms with Gasteiger partial charge in [0.2, 0.25) is 5.91 Å². The van der Waals surface area contributed by atoms with E-state index in [0.717, 1.165) is 26.2 Å². The van der Waals surface area contributed by atoms with Crippen molar-refractivity contribution in [3.63, 3.8) is 0 Å². The van der Waals surface area contributed by atoms with Crippen molar-refractivity contribution in [2.75, 3.05) is 5.32 Å². The fourth-order valence-corrected chi connectivity index (χ4v) is 2.99. The third kappa shape index (κ3) is 4.82. The molecule has 0 radical (unpaired) electrons. The van der Waals surface area contributed by atoms with Crippen LogP contribution in [0.15, 0.2) is 70.5 Å². The second kappa shape index (κ2) is 7.96. The molecule has 4 heteroatoms. The predicted octanol–water partition coefficient (Wildman–Crippen LogP) is 5.09. The van der Waals surface area contributed by atoms with E-state index in [-0.39, 0.29) is 5.91 Å². The van der Waals surface area contributed by atoms with Crippen molar-refractivity contribution in [3.8, 4) is 11.8 Å². The smallest absolute Gasteiger partial charge is 0.228 e. The summed E-state index contributed by atoms with van der Waals surface area (Å²) in [5, 5.41) is 4.93. The maximum atomic E-state index is 12.2. The molecule has 1 N–H and O–H groups in total. The van der Waals surface area contributed by atoms with Crippen molar-refractivity contribution >= 4 is 38.9 Å². The van der Waals surface area contributed by atoms with Gasteiger partial charge in [0.15, 0.2) is 0 Å². The molecule has 24 heavy (non-hydrogen) atoms. The number of carbonyl (C=O) groups is 1. The summed E-state index contributed by atoms with van der Waals surface area (Å²) in [6, 6.07) is 19.3. The molecule has 0 saturated heterocycles. The predicted molar refractivity (Wildman–Crippen MR) is 103 cm³/mol. The van der Waals surface area contributed by atoms with Crippen molar-refractivity contribution in [3.05, 3.63) is 86.5 Å². The Kier molecular flexibility index (Phi) is 5.47. The van der Waals surface area contributed by atoms with Crippen LogP contribution in [0.2, 0.25) is 0 Å². The Bertz CT molecular complexity index is 889. The molecule has 0 unspecified atom stereocenters. The summed E-state index contributed by atoms with van der Waals surface area (Å²) in [7, 11) is 0. The van der Waals surface area contributed by atoms with Crippen molar-refractivity contribution in [1.82, 2.24) is 0 Å². The highest BCUT2D eigenvalue weighted by molar-refractivity contribution is 9.10. The van der Waals surface area contributed by atoms with Gasteiger partial charge in [-0.15, -0.1) is 11.3 Å². The molecule has 0 atom stereocenters. The summed E-state index contributed by atoms with van der Waals surface area (Å²) in [5.74, 6) is 6.20. The van der Waals surface area contributed by atoms with Crippen LogP contribution in [0.25, 0.3) is 0 Å². The second-order valence-corrected chi connectivity index (χ2v) is 7.02. The average molecular weight is 396 g/mol. The first-order chi connectivity index (χ1) is 11.7. The molecule has 0 fully saturated rings. The molecule has 0 aliphatic heterocycles. The van der Waals surface area contributed by atoms with E-state index in [2.05, 4.69) is 33.1 Å². The molecule has 0 aliphatic rings. The number of halogens is 1. The van der Waals surface area contributed by atoms with E-state index in [9.17, 15) is 4.79 Å². The molecule has 0 spiro atoms. The lowest BCUT2D eigenvalue weighted by atomic mass is 10.1. The van der Waals surface area contributed by atoms with Crippen LogP contribution in [0.1, 0.15) is 16.0 Å². The minimum absolute atomic E-state index is 0.0410. The zero-order valence-electron chi connectivity index (χ0n) is 12.8. The van der Waals surface area contributed by atoms with Crippen LogP contribution in [-0.2, 0) is 11.2 Å². The Balaban J connectivity index is 1.65. The van der Waals surface area contributed by atoms with Gasteiger partial charge in [-0.25, -0.2) is 0 Å². The lowest BCUT2D eigenvalue weighted by Crippen LogP contribution is -2.14. The number of carbonyl (C=O) groups excluding carboxylic acids is 1. The number of thiophene rings is 1. The molecule has 2 aromatic carbocycles. The minimum atomic E-state index is -0.0410. The highest BCUT2D eigenvalue weighted by Crippen LogP contribution is 2.14. The summed E-state index contributed by atoms with van der Waals surface area (Å²) in [5.41, 5.74) is 2.62. The summed E-state index contributed by atoms with van der Waals surface area (Å²) < 4.78 is 1.00. The standard InChI is InChI=1S/C20H14BrNOS/c21-17-9-6-16(7-10-17)14-20(23)22-18-4-1-3-15(13-18)8-11-19-5-2-12-24-19/h1-7,9-10,12-13H,14H2,(H,22,23). The molecule has 3 rings (SSSR count). The number of rotatable bonds is 3. The molecule has 118 valence electrons. The average Bonchev–Trinajstić information content (AvgIpc) is 3.09. The van der Waals surface area contributed by atoms with Gasteiger partial charge in [0.25, 0.3) is 0 Å². The van der Waals surface area contributed by atoms with Crippen molar-refractivity contribution in [1.29, 1.82) is 0 Å². The zero-order chi connectivity index (χ0) is 16.8. The highest BCUT2D eigenvalue weighted by atomic mass is 79.9. The van der Waals surface area contributed by atoms with Gasteiger partial charge in [-0.3, -0.25) is 4.79 Å². The molecule has 1 aromatic heterocycles. The van der Waals surface area contributed by atoms with Crippen molar-refractivity contribution in [2.45, 2.75) is 6.42 Å². The molecular formula is C20H14BrNOS. The van der Waals surface area contributed by atoms with Crippen LogP contribution in [0.5, 0.6) is 0 Å². The molecule has 0 saturated carbocycles. The van der Waals surface area contributed by atoms with Crippen molar-refractivity contribution in [2.24, 2.45) is 0 Å². The van der Waals surface area contributed by atoms with Gasteiger partial charge in [0.05, 0.1) is 11.3 Å². The summed E-state index contributed by atoms with van der Waals surface area (Å²) in [4.78, 5) is 13.2. The maximum absolute atomic E-state index is 12.2. The number of hydrogen-bond donors (Lipinski definition) is 1. The molecule has 1 amide bonds. The molecule has 0 aliphatic carbocycles. The van der Waals surface area contributed by atoms with Crippen LogP contribution in [0.3, 0.4) is 0 Å². The largest absolute Gasteiger partial charge is 0.326 e. The Morgan fingerprint density at radius 2 is 1.88 bits per heavy atom. The molecule has 2 nitrogen and oxygen atoms in total. The van der Waals surface area contributed by atoms with Gasteiger partial charge in [0, 0.05) is 15.7 Å². The fourth-order valence-electron chi connectivity index (χ4n) is 2.15. The molecule has 1 heterocycles. The number of amides is 1. The Labute approximate surface area is 153 Å². The van der Waals surface area contributed by atoms with Gasteiger partial charge < -0.3 is 5.32 Å². The topological polar surface area (TPSA) is 29.1 Å². The Morgan fingerprint density at radius 1 is 1.04 bits per heavy atom. The first-order valence-electron chi connectivity index (χ1n) is 7.39. The SMILES string of the molecule is O=C(Cc1ccc(Br)cc1)Nc1cccc(C#Cc2cccs2)c1. The lowest BCUT2D eigenvalue weighted by Gasteiger charge is -2.06. The molecule has 3 aromatic rings. The molecular weight excluding hydrogens is 382 g/mol. The number of anilines is 1. The first-order valence-corrected chi connectivity index (χ1v) is 9.06. The second-order valence-electron chi connectivity index (χ2n) is 5.16. The van der Waals surface area contributed by atoms with Crippen LogP contribution >= 0.6 is 27.3 Å². The molecule has 0 bridgehead atoms. The van der Waals surface area contributed by atoms with E-state index in [4.69, 9.17) is 0 Å². The number of hydrogen-bond acceptors (Lipinski definition) is 2. The van der Waals surface area contributed by atoms with Gasteiger partial charge in [-0.2, -0.15) is 0 Å². The third-order valence-corrected chi connectivity index (χ3v) is 4.59. The van der Waals surface area contributed by atoms with Crippen LogP contribution in [0.4, 0.5) is 5.69 Å². The van der Waals surface area contributed by atoms with Crippen molar-refractivity contribution < 1.29 is 4.79 Å².